The fraction of sp³-hybridized carbons (Fsp3) is 0.714. The number of carbonyl (C=O) groups is 4. The van der Waals surface area contributed by atoms with Crippen LogP contribution >= 0.6 is 0 Å². The minimum absolute atomic E-state index is 0.0408. The van der Waals surface area contributed by atoms with E-state index in [0.717, 1.165) is 12.8 Å². The Kier molecular flexibility index (Phi) is 5.67. The Morgan fingerprint density at radius 3 is 2.09 bits per heavy atom. The van der Waals surface area contributed by atoms with Gasteiger partial charge in [-0.05, 0) is 12.8 Å². The number of cyclic esters (lactones) is 2. The van der Waals surface area contributed by atoms with Crippen molar-refractivity contribution in [1.82, 2.24) is 9.80 Å². The van der Waals surface area contributed by atoms with Crippen LogP contribution in [0.1, 0.15) is 25.7 Å². The highest BCUT2D eigenvalue weighted by Crippen LogP contribution is 2.28. The molecule has 1 aliphatic heterocycles. The van der Waals surface area contributed by atoms with Gasteiger partial charge in [0.05, 0.1) is 26.2 Å². The molecule has 2 atom stereocenters. The fourth-order valence-corrected chi connectivity index (χ4v) is 3.40. The Balaban J connectivity index is 2.17. The highest BCUT2D eigenvalue weighted by atomic mass is 16.6. The number of aliphatic carboxylic acids is 2. The van der Waals surface area contributed by atoms with E-state index in [2.05, 4.69) is 4.74 Å². The van der Waals surface area contributed by atoms with Crippen LogP contribution in [0.2, 0.25) is 0 Å². The van der Waals surface area contributed by atoms with Crippen LogP contribution in [-0.4, -0.2) is 82.2 Å². The number of hydrogen-bond acceptors (Lipinski definition) is 7. The molecule has 0 bridgehead atoms. The summed E-state index contributed by atoms with van der Waals surface area (Å²) in [7, 11) is 0. The van der Waals surface area contributed by atoms with E-state index in [1.54, 1.807) is 4.90 Å². The van der Waals surface area contributed by atoms with Crippen molar-refractivity contribution in [2.24, 2.45) is 0 Å². The lowest BCUT2D eigenvalue weighted by atomic mass is 9.87. The number of esters is 2. The monoisotopic (exact) mass is 328 g/mol. The second-order valence-electron chi connectivity index (χ2n) is 5.86. The quantitative estimate of drug-likeness (QED) is 0.474. The fourth-order valence-electron chi connectivity index (χ4n) is 3.40. The molecule has 128 valence electrons. The molecule has 1 saturated carbocycles. The van der Waals surface area contributed by atoms with Crippen LogP contribution in [0.25, 0.3) is 0 Å². The first-order valence-electron chi connectivity index (χ1n) is 7.52. The SMILES string of the molecule is O=C(O)CN(CC(=O)O)C1CCCCC1N1CC(=O)OC(=O)C1. The Bertz CT molecular complexity index is 475. The third-order valence-corrected chi connectivity index (χ3v) is 4.20. The van der Waals surface area contributed by atoms with E-state index < -0.39 is 23.9 Å². The Labute approximate surface area is 132 Å². The van der Waals surface area contributed by atoms with E-state index in [1.807, 2.05) is 0 Å². The second kappa shape index (κ2) is 7.51. The second-order valence-corrected chi connectivity index (χ2v) is 5.86. The molecule has 0 amide bonds. The van der Waals surface area contributed by atoms with Crippen LogP contribution in [0.3, 0.4) is 0 Å². The molecule has 0 aromatic carbocycles. The summed E-state index contributed by atoms with van der Waals surface area (Å²) in [6.07, 6.45) is 3.05. The van der Waals surface area contributed by atoms with Gasteiger partial charge >= 0.3 is 23.9 Å². The minimum atomic E-state index is -1.11. The third kappa shape index (κ3) is 4.73. The molecule has 2 N–H and O–H groups in total. The number of ether oxygens (including phenoxy) is 1. The summed E-state index contributed by atoms with van der Waals surface area (Å²) in [4.78, 5) is 48.1. The standard InChI is InChI=1S/C14H20N2O7/c17-11(18)5-15(6-12(19)20)9-3-1-2-4-10(9)16-7-13(21)23-14(22)8-16/h9-10H,1-8H2,(H,17,18)(H,19,20). The number of rotatable bonds is 6. The highest BCUT2D eigenvalue weighted by Gasteiger charge is 2.39. The Morgan fingerprint density at radius 1 is 1.04 bits per heavy atom. The van der Waals surface area contributed by atoms with E-state index in [-0.39, 0.29) is 38.3 Å². The van der Waals surface area contributed by atoms with Gasteiger partial charge in [0.2, 0.25) is 0 Å². The molecule has 2 fully saturated rings. The zero-order valence-electron chi connectivity index (χ0n) is 12.6. The van der Waals surface area contributed by atoms with E-state index >= 15 is 0 Å². The van der Waals surface area contributed by atoms with Gasteiger partial charge in [-0.25, -0.2) is 0 Å². The normalized spacial score (nSPS) is 26.1. The molecule has 1 heterocycles. The number of carboxylic acid groups (broad SMARTS) is 2. The molecule has 2 unspecified atom stereocenters. The molecule has 0 aromatic rings. The topological polar surface area (TPSA) is 124 Å². The first kappa shape index (κ1) is 17.4. The first-order valence-corrected chi connectivity index (χ1v) is 7.52. The Morgan fingerprint density at radius 2 is 1.57 bits per heavy atom. The molecule has 0 spiro atoms. The molecule has 2 aliphatic rings. The lowest BCUT2D eigenvalue weighted by Gasteiger charge is -2.44. The lowest BCUT2D eigenvalue weighted by Crippen LogP contribution is -2.59. The molecule has 1 aliphatic carbocycles. The van der Waals surface area contributed by atoms with Gasteiger partial charge in [-0.15, -0.1) is 0 Å². The van der Waals surface area contributed by atoms with Crippen LogP contribution in [0.4, 0.5) is 0 Å². The largest absolute Gasteiger partial charge is 0.480 e. The van der Waals surface area contributed by atoms with Crippen LogP contribution in [0, 0.1) is 0 Å². The molecular formula is C14H20N2O7. The zero-order valence-corrected chi connectivity index (χ0v) is 12.6. The van der Waals surface area contributed by atoms with Crippen LogP contribution in [0.15, 0.2) is 0 Å². The van der Waals surface area contributed by atoms with Gasteiger partial charge in [-0.1, -0.05) is 12.8 Å². The molecule has 2 rings (SSSR count). The number of carboxylic acids is 2. The lowest BCUT2D eigenvalue weighted by molar-refractivity contribution is -0.170. The summed E-state index contributed by atoms with van der Waals surface area (Å²) in [5.74, 6) is -3.48. The average molecular weight is 328 g/mol. The van der Waals surface area contributed by atoms with Crippen molar-refractivity contribution in [3.05, 3.63) is 0 Å². The van der Waals surface area contributed by atoms with Crippen molar-refractivity contribution in [2.45, 2.75) is 37.8 Å². The van der Waals surface area contributed by atoms with E-state index in [9.17, 15) is 19.2 Å². The van der Waals surface area contributed by atoms with Gasteiger partial charge in [0, 0.05) is 12.1 Å². The van der Waals surface area contributed by atoms with Crippen molar-refractivity contribution >= 4 is 23.9 Å². The van der Waals surface area contributed by atoms with Crippen molar-refractivity contribution in [2.75, 3.05) is 26.2 Å². The predicted octanol–water partition coefficient (Wildman–Crippen LogP) is -0.846. The number of morpholine rings is 1. The van der Waals surface area contributed by atoms with Crippen LogP contribution < -0.4 is 0 Å². The number of hydrogen-bond donors (Lipinski definition) is 2. The van der Waals surface area contributed by atoms with Crippen molar-refractivity contribution < 1.29 is 34.1 Å². The van der Waals surface area contributed by atoms with Crippen molar-refractivity contribution in [3.63, 3.8) is 0 Å². The summed E-state index contributed by atoms with van der Waals surface area (Å²) < 4.78 is 4.51. The van der Waals surface area contributed by atoms with Crippen LogP contribution in [0.5, 0.6) is 0 Å². The van der Waals surface area contributed by atoms with Gasteiger partial charge in [-0.3, -0.25) is 29.0 Å². The van der Waals surface area contributed by atoms with Gasteiger partial charge in [0.25, 0.3) is 0 Å². The Hall–Kier alpha value is -2.00. The first-order chi connectivity index (χ1) is 10.9. The van der Waals surface area contributed by atoms with Gasteiger partial charge in [-0.2, -0.15) is 0 Å². The molecule has 1 saturated heterocycles. The van der Waals surface area contributed by atoms with E-state index in [1.165, 1.54) is 4.90 Å². The predicted molar refractivity (Wildman–Crippen MR) is 75.6 cm³/mol. The summed E-state index contributed by atoms with van der Waals surface area (Å²) in [5, 5.41) is 18.1. The smallest absolute Gasteiger partial charge is 0.327 e. The maximum absolute atomic E-state index is 11.5. The minimum Gasteiger partial charge on any atom is -0.480 e. The molecule has 23 heavy (non-hydrogen) atoms. The summed E-state index contributed by atoms with van der Waals surface area (Å²) in [6, 6.07) is -0.561. The van der Waals surface area contributed by atoms with Gasteiger partial charge < -0.3 is 14.9 Å². The summed E-state index contributed by atoms with van der Waals surface area (Å²) in [6.45, 7) is -0.860. The molecule has 9 nitrogen and oxygen atoms in total. The van der Waals surface area contributed by atoms with Crippen molar-refractivity contribution in [1.29, 1.82) is 0 Å². The highest BCUT2D eigenvalue weighted by molar-refractivity contribution is 5.90. The van der Waals surface area contributed by atoms with E-state index in [4.69, 9.17) is 10.2 Å². The van der Waals surface area contributed by atoms with E-state index in [0.29, 0.717) is 12.8 Å². The van der Waals surface area contributed by atoms with Gasteiger partial charge in [0.15, 0.2) is 0 Å². The number of carbonyl (C=O) groups excluding carboxylic acids is 2. The maximum atomic E-state index is 11.5. The maximum Gasteiger partial charge on any atom is 0.327 e. The molecular weight excluding hydrogens is 308 g/mol. The third-order valence-electron chi connectivity index (χ3n) is 4.20. The summed E-state index contributed by atoms with van der Waals surface area (Å²) in [5.41, 5.74) is 0. The molecule has 0 aromatic heterocycles. The summed E-state index contributed by atoms with van der Waals surface area (Å²) >= 11 is 0. The van der Waals surface area contributed by atoms with Crippen molar-refractivity contribution in [3.8, 4) is 0 Å². The van der Waals surface area contributed by atoms with Crippen LogP contribution in [-0.2, 0) is 23.9 Å². The zero-order chi connectivity index (χ0) is 17.0. The molecule has 0 radical (unpaired) electrons. The molecule has 9 heteroatoms. The van der Waals surface area contributed by atoms with Gasteiger partial charge in [0.1, 0.15) is 0 Å². The average Bonchev–Trinajstić information content (AvgIpc) is 2.44. The number of nitrogens with zero attached hydrogens (tertiary/aromatic N) is 2.